The summed E-state index contributed by atoms with van der Waals surface area (Å²) in [6.45, 7) is 4.16. The number of halogens is 2. The second kappa shape index (κ2) is 4.81. The molecule has 3 unspecified atom stereocenters. The van der Waals surface area contributed by atoms with Crippen molar-refractivity contribution in [3.63, 3.8) is 0 Å². The summed E-state index contributed by atoms with van der Waals surface area (Å²) in [6, 6.07) is 0. The molecular weight excluding hydrogens is 320 g/mol. The van der Waals surface area contributed by atoms with Gasteiger partial charge in [-0.2, -0.15) is 0 Å². The van der Waals surface area contributed by atoms with Gasteiger partial charge in [-0.05, 0) is 18.3 Å². The van der Waals surface area contributed by atoms with Crippen LogP contribution in [0.1, 0.15) is 26.7 Å². The van der Waals surface area contributed by atoms with E-state index in [0.717, 1.165) is 18.2 Å². The maximum atomic E-state index is 12.4. The SMILES string of the molecule is CC12CCC(/C(=N/N=C(N)N)C1=O)C2(C)CBr.Cl. The highest BCUT2D eigenvalue weighted by Gasteiger charge is 2.66. The van der Waals surface area contributed by atoms with Crippen molar-refractivity contribution in [2.45, 2.75) is 26.7 Å². The number of Topliss-reactive ketones (excluding diaryl/α,β-unsaturated/α-hetero) is 1. The van der Waals surface area contributed by atoms with Gasteiger partial charge in [0.2, 0.25) is 5.96 Å². The second-order valence-corrected chi connectivity index (χ2v) is 5.87. The van der Waals surface area contributed by atoms with Gasteiger partial charge in [-0.25, -0.2) is 0 Å². The summed E-state index contributed by atoms with van der Waals surface area (Å²) >= 11 is 3.53. The number of guanidine groups is 1. The quantitative estimate of drug-likeness (QED) is 0.345. The van der Waals surface area contributed by atoms with E-state index in [1.165, 1.54) is 0 Å². The molecule has 2 bridgehead atoms. The first-order chi connectivity index (χ1) is 7.87. The topological polar surface area (TPSA) is 93.8 Å². The molecule has 2 aliphatic rings. The van der Waals surface area contributed by atoms with Crippen LogP contribution in [0.3, 0.4) is 0 Å². The monoisotopic (exact) mass is 336 g/mol. The molecule has 0 radical (unpaired) electrons. The smallest absolute Gasteiger partial charge is 0.211 e. The minimum Gasteiger partial charge on any atom is -0.369 e. The van der Waals surface area contributed by atoms with Gasteiger partial charge < -0.3 is 11.5 Å². The van der Waals surface area contributed by atoms with E-state index in [0.29, 0.717) is 5.71 Å². The average molecular weight is 338 g/mol. The van der Waals surface area contributed by atoms with Crippen molar-refractivity contribution in [1.29, 1.82) is 0 Å². The van der Waals surface area contributed by atoms with Gasteiger partial charge in [0.05, 0.1) is 0 Å². The molecule has 2 aliphatic carbocycles. The van der Waals surface area contributed by atoms with Crippen molar-refractivity contribution in [2.24, 2.45) is 38.4 Å². The molecule has 5 nitrogen and oxygen atoms in total. The Hall–Kier alpha value is -0.620. The van der Waals surface area contributed by atoms with Gasteiger partial charge in [-0.1, -0.05) is 29.8 Å². The van der Waals surface area contributed by atoms with Crippen molar-refractivity contribution in [3.05, 3.63) is 0 Å². The molecule has 0 aromatic heterocycles. The lowest BCUT2D eigenvalue weighted by Crippen LogP contribution is -2.36. The zero-order chi connectivity index (χ0) is 12.8. The first-order valence-corrected chi connectivity index (χ1v) is 6.76. The van der Waals surface area contributed by atoms with Gasteiger partial charge in [0.25, 0.3) is 0 Å². The molecule has 2 rings (SSSR count). The Morgan fingerprint density at radius 1 is 1.50 bits per heavy atom. The molecule has 2 saturated carbocycles. The van der Waals surface area contributed by atoms with Crippen molar-refractivity contribution in [2.75, 3.05) is 5.33 Å². The normalized spacial score (nSPS) is 39.8. The van der Waals surface area contributed by atoms with Gasteiger partial charge >= 0.3 is 0 Å². The van der Waals surface area contributed by atoms with Gasteiger partial charge in [0, 0.05) is 16.7 Å². The molecule has 2 fully saturated rings. The molecule has 0 aliphatic heterocycles. The molecular formula is C11H18BrClN4O. The maximum absolute atomic E-state index is 12.4. The van der Waals surface area contributed by atoms with E-state index in [-0.39, 0.29) is 40.9 Å². The predicted molar refractivity (Wildman–Crippen MR) is 78.2 cm³/mol. The molecule has 0 heterocycles. The first-order valence-electron chi connectivity index (χ1n) is 5.64. The summed E-state index contributed by atoms with van der Waals surface area (Å²) in [4.78, 5) is 12.4. The van der Waals surface area contributed by atoms with Crippen LogP contribution in [-0.2, 0) is 4.79 Å². The average Bonchev–Trinajstić information content (AvgIpc) is 2.62. The summed E-state index contributed by atoms with van der Waals surface area (Å²) < 4.78 is 0. The highest BCUT2D eigenvalue weighted by atomic mass is 79.9. The third-order valence-electron chi connectivity index (χ3n) is 4.58. The number of nitrogens with zero attached hydrogens (tertiary/aromatic N) is 2. The second-order valence-electron chi connectivity index (χ2n) is 5.31. The third kappa shape index (κ3) is 1.77. The largest absolute Gasteiger partial charge is 0.369 e. The van der Waals surface area contributed by atoms with Crippen molar-refractivity contribution in [3.8, 4) is 0 Å². The molecule has 0 amide bonds. The zero-order valence-corrected chi connectivity index (χ0v) is 12.8. The Kier molecular flexibility index (Phi) is 4.13. The van der Waals surface area contributed by atoms with Gasteiger partial charge in [-0.3, -0.25) is 4.79 Å². The van der Waals surface area contributed by atoms with Gasteiger partial charge in [0.1, 0.15) is 5.71 Å². The highest BCUT2D eigenvalue weighted by molar-refractivity contribution is 9.09. The number of fused-ring (bicyclic) bond motifs is 2. The van der Waals surface area contributed by atoms with Crippen LogP contribution in [0.5, 0.6) is 0 Å². The van der Waals surface area contributed by atoms with E-state index in [1.54, 1.807) is 0 Å². The van der Waals surface area contributed by atoms with E-state index < -0.39 is 0 Å². The minimum absolute atomic E-state index is 0. The number of nitrogens with two attached hydrogens (primary N) is 2. The fraction of sp³-hybridized carbons (Fsp3) is 0.727. The molecule has 0 aromatic carbocycles. The van der Waals surface area contributed by atoms with Crippen LogP contribution in [-0.4, -0.2) is 22.8 Å². The van der Waals surface area contributed by atoms with Crippen LogP contribution in [0.15, 0.2) is 10.2 Å². The Morgan fingerprint density at radius 3 is 2.56 bits per heavy atom. The molecule has 0 aromatic rings. The number of rotatable bonds is 2. The molecule has 4 N–H and O–H groups in total. The number of alkyl halides is 1. The Balaban J connectivity index is 0.00000162. The predicted octanol–water partition coefficient (Wildman–Crippen LogP) is 1.44. The van der Waals surface area contributed by atoms with Gasteiger partial charge in [0.15, 0.2) is 5.78 Å². The first kappa shape index (κ1) is 15.4. The Bertz CT molecular complexity index is 435. The van der Waals surface area contributed by atoms with E-state index in [1.807, 2.05) is 6.92 Å². The Morgan fingerprint density at radius 2 is 2.11 bits per heavy atom. The number of ketones is 1. The molecule has 18 heavy (non-hydrogen) atoms. The fourth-order valence-electron chi connectivity index (χ4n) is 3.14. The highest BCUT2D eigenvalue weighted by Crippen LogP contribution is 2.63. The van der Waals surface area contributed by atoms with E-state index in [9.17, 15) is 4.79 Å². The minimum atomic E-state index is -0.334. The summed E-state index contributed by atoms with van der Waals surface area (Å²) in [5.41, 5.74) is 10.6. The lowest BCUT2D eigenvalue weighted by Gasteiger charge is -2.33. The van der Waals surface area contributed by atoms with Crippen LogP contribution in [0, 0.1) is 16.7 Å². The Labute approximate surface area is 121 Å². The van der Waals surface area contributed by atoms with E-state index in [4.69, 9.17) is 11.5 Å². The van der Waals surface area contributed by atoms with Crippen molar-refractivity contribution in [1.82, 2.24) is 0 Å². The lowest BCUT2D eigenvalue weighted by atomic mass is 9.70. The summed E-state index contributed by atoms with van der Waals surface area (Å²) in [5, 5.41) is 8.38. The van der Waals surface area contributed by atoms with E-state index in [2.05, 4.69) is 33.1 Å². The molecule has 0 spiro atoms. The van der Waals surface area contributed by atoms with Crippen LogP contribution in [0.25, 0.3) is 0 Å². The zero-order valence-electron chi connectivity index (χ0n) is 10.4. The van der Waals surface area contributed by atoms with E-state index >= 15 is 0 Å². The standard InChI is InChI=1S/C11H17BrN4O.ClH/c1-10-4-3-6(11(10,2)5-12)7(8(10)17)15-16-9(13)14;/h6H,3-5H2,1-2H3,(H4,13,14,16);1H/b15-7-;. The number of carbonyl (C=O) groups excluding carboxylic acids is 1. The van der Waals surface area contributed by atoms with Crippen LogP contribution in [0.4, 0.5) is 0 Å². The van der Waals surface area contributed by atoms with Crippen LogP contribution >= 0.6 is 28.3 Å². The third-order valence-corrected chi connectivity index (χ3v) is 5.74. The maximum Gasteiger partial charge on any atom is 0.211 e. The molecule has 3 atom stereocenters. The summed E-state index contributed by atoms with van der Waals surface area (Å²) in [6.07, 6.45) is 1.89. The van der Waals surface area contributed by atoms with Gasteiger partial charge in [-0.15, -0.1) is 22.6 Å². The van der Waals surface area contributed by atoms with Crippen LogP contribution < -0.4 is 11.5 Å². The summed E-state index contributed by atoms with van der Waals surface area (Å²) in [5.74, 6) is 0.141. The number of carbonyl (C=O) groups is 1. The molecule has 7 heteroatoms. The lowest BCUT2D eigenvalue weighted by molar-refractivity contribution is -0.123. The van der Waals surface area contributed by atoms with Crippen molar-refractivity contribution < 1.29 is 4.79 Å². The summed E-state index contributed by atoms with van der Waals surface area (Å²) in [7, 11) is 0. The number of hydrogen-bond donors (Lipinski definition) is 2. The van der Waals surface area contributed by atoms with Crippen LogP contribution in [0.2, 0.25) is 0 Å². The van der Waals surface area contributed by atoms with Crippen molar-refractivity contribution >= 4 is 45.8 Å². The molecule has 0 saturated heterocycles. The number of hydrogen-bond acceptors (Lipinski definition) is 3. The molecule has 102 valence electrons. The fourth-order valence-corrected chi connectivity index (χ4v) is 4.15.